The summed E-state index contributed by atoms with van der Waals surface area (Å²) in [6, 6.07) is 6.19. The predicted octanol–water partition coefficient (Wildman–Crippen LogP) is 4.17. The summed E-state index contributed by atoms with van der Waals surface area (Å²) in [5.41, 5.74) is 3.05. The molecular weight excluding hydrogens is 385 g/mol. The highest BCUT2D eigenvalue weighted by Crippen LogP contribution is 2.24. The van der Waals surface area contributed by atoms with Crippen LogP contribution in [0.15, 0.2) is 18.2 Å². The number of alkyl halides is 2. The number of carboxylic acids is 1. The van der Waals surface area contributed by atoms with Crippen molar-refractivity contribution in [2.45, 2.75) is 32.7 Å². The minimum Gasteiger partial charge on any atom is -0.481 e. The molecule has 0 amide bonds. The van der Waals surface area contributed by atoms with Gasteiger partial charge in [-0.3, -0.25) is 4.79 Å². The topological polar surface area (TPSA) is 58.4 Å². The molecule has 1 heterocycles. The molecule has 0 aliphatic rings. The summed E-state index contributed by atoms with van der Waals surface area (Å²) in [5.74, 6) is 1.25. The molecule has 1 N–H and O–H groups in total. The highest BCUT2D eigenvalue weighted by atomic mass is 35.5. The highest BCUT2D eigenvalue weighted by Gasteiger charge is 2.13. The number of aromatic nitrogens is 2. The Hall–Kier alpha value is -1.17. The van der Waals surface area contributed by atoms with E-state index in [1.807, 2.05) is 0 Å². The Bertz CT molecular complexity index is 685. The van der Waals surface area contributed by atoms with Gasteiger partial charge in [0.05, 0.1) is 11.0 Å². The number of carbonyl (C=O) groups is 1. The van der Waals surface area contributed by atoms with Gasteiger partial charge in [-0.15, -0.1) is 35.6 Å². The summed E-state index contributed by atoms with van der Waals surface area (Å²) in [4.78, 5) is 17.6. The van der Waals surface area contributed by atoms with E-state index in [0.29, 0.717) is 24.6 Å². The Morgan fingerprint density at radius 3 is 2.52 bits per heavy atom. The number of hydrogen-bond donors (Lipinski definition) is 1. The van der Waals surface area contributed by atoms with Gasteiger partial charge < -0.3 is 14.6 Å². The number of aryl methyl sites for hydroxylation is 2. The molecule has 0 unspecified atom stereocenters. The number of halogens is 3. The van der Waals surface area contributed by atoms with Crippen molar-refractivity contribution in [2.24, 2.45) is 0 Å². The van der Waals surface area contributed by atoms with Crippen molar-refractivity contribution in [2.75, 3.05) is 29.7 Å². The largest absolute Gasteiger partial charge is 0.481 e. The lowest BCUT2D eigenvalue weighted by atomic mass is 10.2. The molecule has 8 heteroatoms. The van der Waals surface area contributed by atoms with Crippen LogP contribution in [0.1, 0.15) is 25.6 Å². The Balaban J connectivity index is 0.00000312. The molecule has 0 radical (unpaired) electrons. The van der Waals surface area contributed by atoms with Crippen molar-refractivity contribution >= 4 is 58.3 Å². The fourth-order valence-corrected chi connectivity index (χ4v) is 3.29. The smallest absolute Gasteiger partial charge is 0.303 e. The molecule has 0 fully saturated rings. The molecule has 0 saturated carbocycles. The van der Waals surface area contributed by atoms with E-state index in [0.717, 1.165) is 42.2 Å². The van der Waals surface area contributed by atoms with Crippen LogP contribution >= 0.6 is 35.6 Å². The monoisotopic (exact) mass is 407 g/mol. The van der Waals surface area contributed by atoms with E-state index >= 15 is 0 Å². The summed E-state index contributed by atoms with van der Waals surface area (Å²) in [6.45, 7) is 4.35. The number of aliphatic carboxylic acids is 1. The average Bonchev–Trinajstić information content (AvgIpc) is 2.90. The second-order valence-electron chi connectivity index (χ2n) is 5.56. The van der Waals surface area contributed by atoms with Gasteiger partial charge in [-0.05, 0) is 31.5 Å². The van der Waals surface area contributed by atoms with Crippen LogP contribution in [0.3, 0.4) is 0 Å². The Labute approximate surface area is 164 Å². The maximum absolute atomic E-state index is 10.7. The van der Waals surface area contributed by atoms with Crippen molar-refractivity contribution in [3.05, 3.63) is 24.0 Å². The van der Waals surface area contributed by atoms with Crippen molar-refractivity contribution in [3.8, 4) is 0 Å². The molecule has 0 spiro atoms. The number of anilines is 1. The SMILES string of the molecule is CCn1c(CCCC(=O)O)nc2cc(N(CCCl)CCCl)ccc21.Cl. The maximum atomic E-state index is 10.7. The zero-order valence-corrected chi connectivity index (χ0v) is 16.6. The molecule has 1 aromatic heterocycles. The first-order valence-electron chi connectivity index (χ1n) is 8.18. The number of fused-ring (bicyclic) bond motifs is 1. The fourth-order valence-electron chi connectivity index (χ4n) is 2.88. The van der Waals surface area contributed by atoms with Gasteiger partial charge in [0.25, 0.3) is 0 Å². The molecule has 0 atom stereocenters. The lowest BCUT2D eigenvalue weighted by Gasteiger charge is -2.22. The van der Waals surface area contributed by atoms with Gasteiger partial charge in [0.2, 0.25) is 0 Å². The second-order valence-corrected chi connectivity index (χ2v) is 6.31. The van der Waals surface area contributed by atoms with Crippen LogP contribution in [0.5, 0.6) is 0 Å². The van der Waals surface area contributed by atoms with Gasteiger partial charge >= 0.3 is 5.97 Å². The molecule has 0 saturated heterocycles. The first-order chi connectivity index (χ1) is 11.6. The molecular formula is C17H24Cl3N3O2. The van der Waals surface area contributed by atoms with Crippen molar-refractivity contribution in [3.63, 3.8) is 0 Å². The molecule has 0 bridgehead atoms. The zero-order valence-electron chi connectivity index (χ0n) is 14.3. The van der Waals surface area contributed by atoms with Crippen LogP contribution in [-0.2, 0) is 17.8 Å². The number of nitrogens with zero attached hydrogens (tertiary/aromatic N) is 3. The minimum atomic E-state index is -0.769. The Kier molecular flexibility index (Phi) is 9.39. The van der Waals surface area contributed by atoms with Crippen LogP contribution in [-0.4, -0.2) is 45.5 Å². The summed E-state index contributed by atoms with van der Waals surface area (Å²) in [7, 11) is 0. The molecule has 1 aromatic carbocycles. The summed E-state index contributed by atoms with van der Waals surface area (Å²) >= 11 is 11.8. The number of carboxylic acid groups (broad SMARTS) is 1. The van der Waals surface area contributed by atoms with E-state index < -0.39 is 5.97 Å². The zero-order chi connectivity index (χ0) is 17.5. The molecule has 140 valence electrons. The van der Waals surface area contributed by atoms with Crippen molar-refractivity contribution in [1.82, 2.24) is 9.55 Å². The maximum Gasteiger partial charge on any atom is 0.303 e. The second kappa shape index (κ2) is 10.7. The van der Waals surface area contributed by atoms with Crippen LogP contribution in [0.25, 0.3) is 11.0 Å². The Morgan fingerprint density at radius 2 is 1.96 bits per heavy atom. The van der Waals surface area contributed by atoms with E-state index in [1.165, 1.54) is 0 Å². The number of benzene rings is 1. The first-order valence-corrected chi connectivity index (χ1v) is 9.25. The molecule has 25 heavy (non-hydrogen) atoms. The van der Waals surface area contributed by atoms with Gasteiger partial charge in [0.15, 0.2) is 0 Å². The normalized spacial score (nSPS) is 10.7. The molecule has 2 rings (SSSR count). The van der Waals surface area contributed by atoms with Gasteiger partial charge in [0, 0.05) is 49.9 Å². The third-order valence-corrected chi connectivity index (χ3v) is 4.33. The average molecular weight is 409 g/mol. The molecule has 0 aliphatic heterocycles. The number of rotatable bonds is 10. The lowest BCUT2D eigenvalue weighted by Crippen LogP contribution is -2.27. The van der Waals surface area contributed by atoms with E-state index in [2.05, 4.69) is 34.6 Å². The highest BCUT2D eigenvalue weighted by molar-refractivity contribution is 6.18. The van der Waals surface area contributed by atoms with E-state index in [9.17, 15) is 4.79 Å². The predicted molar refractivity (Wildman–Crippen MR) is 107 cm³/mol. The summed E-state index contributed by atoms with van der Waals surface area (Å²) in [5, 5.41) is 8.80. The minimum absolute atomic E-state index is 0. The van der Waals surface area contributed by atoms with Gasteiger partial charge in [0.1, 0.15) is 5.82 Å². The molecule has 0 aliphatic carbocycles. The van der Waals surface area contributed by atoms with Gasteiger partial charge in [-0.25, -0.2) is 4.98 Å². The first kappa shape index (κ1) is 21.9. The quantitative estimate of drug-likeness (QED) is 0.599. The van der Waals surface area contributed by atoms with E-state index in [-0.39, 0.29) is 18.8 Å². The lowest BCUT2D eigenvalue weighted by molar-refractivity contribution is -0.137. The van der Waals surface area contributed by atoms with Gasteiger partial charge in [-0.1, -0.05) is 0 Å². The molecule has 2 aromatic rings. The third kappa shape index (κ3) is 5.66. The van der Waals surface area contributed by atoms with Crippen LogP contribution in [0.2, 0.25) is 0 Å². The van der Waals surface area contributed by atoms with Crippen LogP contribution in [0.4, 0.5) is 5.69 Å². The summed E-state index contributed by atoms with van der Waals surface area (Å²) < 4.78 is 2.15. The molecule has 5 nitrogen and oxygen atoms in total. The van der Waals surface area contributed by atoms with Crippen LogP contribution in [0, 0.1) is 0 Å². The number of imidazole rings is 1. The third-order valence-electron chi connectivity index (χ3n) is 3.99. The van der Waals surface area contributed by atoms with E-state index in [4.69, 9.17) is 33.3 Å². The van der Waals surface area contributed by atoms with E-state index in [1.54, 1.807) is 0 Å². The van der Waals surface area contributed by atoms with Crippen LogP contribution < -0.4 is 4.90 Å². The van der Waals surface area contributed by atoms with Gasteiger partial charge in [-0.2, -0.15) is 0 Å². The standard InChI is InChI=1S/C17H23Cl2N3O2.ClH/c1-2-22-15-7-6-13(21(10-8-18)11-9-19)12-14(15)20-16(22)4-3-5-17(23)24;/h6-7,12H,2-5,8-11H2,1H3,(H,23,24);1H. The van der Waals surface area contributed by atoms with Crippen molar-refractivity contribution in [1.29, 1.82) is 0 Å². The fraction of sp³-hybridized carbons (Fsp3) is 0.529. The van der Waals surface area contributed by atoms with Crippen molar-refractivity contribution < 1.29 is 9.90 Å². The Morgan fingerprint density at radius 1 is 1.28 bits per heavy atom. The number of hydrogen-bond acceptors (Lipinski definition) is 3. The summed E-state index contributed by atoms with van der Waals surface area (Å²) in [6.07, 6.45) is 1.42.